The number of likely N-dealkylation sites (N-methyl/N-ethyl adjacent to an activating group) is 1. The number of aliphatic hydroxyl groups excluding tert-OH is 3. The smallest absolute Gasteiger partial charge is 0.159 e. The van der Waals surface area contributed by atoms with Crippen molar-refractivity contribution in [2.75, 3.05) is 41.4 Å². The van der Waals surface area contributed by atoms with Crippen molar-refractivity contribution in [2.45, 2.75) is 115 Å². The lowest BCUT2D eigenvalue weighted by atomic mass is 9.78. The van der Waals surface area contributed by atoms with E-state index in [9.17, 15) is 25.2 Å². The summed E-state index contributed by atoms with van der Waals surface area (Å²) in [6.07, 6.45) is -1.78. The number of aliphatic hydroxyl groups is 4. The molecule has 4 N–H and O–H groups in total. The van der Waals surface area contributed by atoms with Crippen LogP contribution in [0.4, 0.5) is 0 Å². The average Bonchev–Trinajstić information content (AvgIpc) is 2.84. The van der Waals surface area contributed by atoms with Crippen LogP contribution in [0.15, 0.2) is 0 Å². The standard InChI is InChI=1S/C28H56N2O8/c1-17(14-30(9)21(5)26(34)23(32)16-36-10)13-28(6,35)27(20(4)25(33)18(2)15-31)38-24-12-22(29(7)8)11-19(3)37-24/h15,17-27,32-35H,11-14,16H2,1-10H3/t17-,18?,19?,20+,21?,22?,23?,24?,25-,26?,27-,28-/m1/s1. The Hall–Kier alpha value is -0.690. The van der Waals surface area contributed by atoms with Gasteiger partial charge in [0.2, 0.25) is 0 Å². The molecule has 226 valence electrons. The van der Waals surface area contributed by atoms with Gasteiger partial charge in [0.25, 0.3) is 0 Å². The molecule has 10 heteroatoms. The number of carbonyl (C=O) groups is 1. The number of methoxy groups -OCH3 is 1. The van der Waals surface area contributed by atoms with Crippen molar-refractivity contribution < 1.29 is 39.4 Å². The van der Waals surface area contributed by atoms with Crippen molar-refractivity contribution in [1.82, 2.24) is 9.80 Å². The quantitative estimate of drug-likeness (QED) is 0.196. The summed E-state index contributed by atoms with van der Waals surface area (Å²) in [5.41, 5.74) is -1.35. The summed E-state index contributed by atoms with van der Waals surface area (Å²) in [6, 6.07) is -0.0775. The molecule has 0 aromatic carbocycles. The first-order valence-electron chi connectivity index (χ1n) is 13.9. The number of rotatable bonds is 17. The van der Waals surface area contributed by atoms with Crippen molar-refractivity contribution in [3.63, 3.8) is 0 Å². The molecule has 0 aromatic rings. The number of hydrogen-bond donors (Lipinski definition) is 4. The maximum absolute atomic E-state index is 11.8. The molecule has 12 atom stereocenters. The Balaban J connectivity index is 3.06. The highest BCUT2D eigenvalue weighted by atomic mass is 16.7. The predicted molar refractivity (Wildman–Crippen MR) is 147 cm³/mol. The van der Waals surface area contributed by atoms with E-state index in [1.165, 1.54) is 7.11 Å². The fourth-order valence-corrected chi connectivity index (χ4v) is 5.72. The molecule has 1 rings (SSSR count). The summed E-state index contributed by atoms with van der Waals surface area (Å²) in [5.74, 6) is -1.18. The third kappa shape index (κ3) is 10.4. The second kappa shape index (κ2) is 15.9. The molecule has 38 heavy (non-hydrogen) atoms. The molecular weight excluding hydrogens is 492 g/mol. The van der Waals surface area contributed by atoms with Crippen LogP contribution in [0.1, 0.15) is 60.8 Å². The van der Waals surface area contributed by atoms with Crippen molar-refractivity contribution in [3.8, 4) is 0 Å². The number of hydrogen-bond acceptors (Lipinski definition) is 10. The summed E-state index contributed by atoms with van der Waals surface area (Å²) >= 11 is 0. The molecule has 10 nitrogen and oxygen atoms in total. The second-order valence-electron chi connectivity index (χ2n) is 12.2. The largest absolute Gasteiger partial charge is 0.392 e. The molecule has 0 spiro atoms. The average molecular weight is 549 g/mol. The van der Waals surface area contributed by atoms with E-state index >= 15 is 0 Å². The summed E-state index contributed by atoms with van der Waals surface area (Å²) in [5, 5.41) is 43.3. The molecule has 7 unspecified atom stereocenters. The van der Waals surface area contributed by atoms with Crippen LogP contribution in [-0.4, -0.2) is 132 Å². The molecule has 0 amide bonds. The lowest BCUT2D eigenvalue weighted by molar-refractivity contribution is -0.266. The van der Waals surface area contributed by atoms with Gasteiger partial charge in [0.05, 0.1) is 36.6 Å². The van der Waals surface area contributed by atoms with E-state index in [0.717, 1.165) is 12.7 Å². The summed E-state index contributed by atoms with van der Waals surface area (Å²) in [6.45, 7) is 11.6. The highest BCUT2D eigenvalue weighted by Gasteiger charge is 2.44. The Morgan fingerprint density at radius 3 is 2.21 bits per heavy atom. The minimum absolute atomic E-state index is 0.0187. The lowest BCUT2D eigenvalue weighted by Gasteiger charge is -2.45. The van der Waals surface area contributed by atoms with E-state index in [1.54, 1.807) is 20.8 Å². The highest BCUT2D eigenvalue weighted by molar-refractivity contribution is 5.53. The van der Waals surface area contributed by atoms with Crippen molar-refractivity contribution >= 4 is 6.29 Å². The Morgan fingerprint density at radius 1 is 1.08 bits per heavy atom. The van der Waals surface area contributed by atoms with Crippen LogP contribution in [0.3, 0.4) is 0 Å². The van der Waals surface area contributed by atoms with Crippen molar-refractivity contribution in [3.05, 3.63) is 0 Å². The van der Waals surface area contributed by atoms with Crippen LogP contribution in [0.2, 0.25) is 0 Å². The molecule has 1 aliphatic heterocycles. The maximum atomic E-state index is 11.8. The third-order valence-electron chi connectivity index (χ3n) is 8.15. The second-order valence-corrected chi connectivity index (χ2v) is 12.2. The van der Waals surface area contributed by atoms with E-state index in [4.69, 9.17) is 14.2 Å². The van der Waals surface area contributed by atoms with Crippen LogP contribution in [0.5, 0.6) is 0 Å². The maximum Gasteiger partial charge on any atom is 0.159 e. The van der Waals surface area contributed by atoms with E-state index in [-0.39, 0.29) is 30.7 Å². The van der Waals surface area contributed by atoms with Gasteiger partial charge in [0, 0.05) is 44.0 Å². The van der Waals surface area contributed by atoms with Gasteiger partial charge in [-0.1, -0.05) is 20.8 Å². The minimum Gasteiger partial charge on any atom is -0.392 e. The SMILES string of the molecule is COCC(O)C(O)C(C)N(C)C[C@H](C)C[C@@](C)(O)[C@H](OC1CC(N(C)C)CC(C)O1)[C@@H](C)[C@H](O)C(C)C=O. The minimum atomic E-state index is -1.35. The van der Waals surface area contributed by atoms with Crippen molar-refractivity contribution in [2.24, 2.45) is 17.8 Å². The first-order chi connectivity index (χ1) is 17.5. The van der Waals surface area contributed by atoms with E-state index < -0.39 is 48.1 Å². The lowest BCUT2D eigenvalue weighted by Crippen LogP contribution is -2.54. The zero-order valence-electron chi connectivity index (χ0n) is 25.3. The first-order valence-corrected chi connectivity index (χ1v) is 13.9. The zero-order valence-corrected chi connectivity index (χ0v) is 25.3. The molecule has 1 aliphatic rings. The van der Waals surface area contributed by atoms with Gasteiger partial charge in [-0.25, -0.2) is 0 Å². The molecule has 1 fully saturated rings. The summed E-state index contributed by atoms with van der Waals surface area (Å²) < 4.78 is 17.5. The molecule has 0 aromatic heterocycles. The van der Waals surface area contributed by atoms with Gasteiger partial charge in [-0.05, 0) is 60.7 Å². The predicted octanol–water partition coefficient (Wildman–Crippen LogP) is 1.12. The fourth-order valence-electron chi connectivity index (χ4n) is 5.72. The van der Waals surface area contributed by atoms with Gasteiger partial charge < -0.3 is 49.2 Å². The number of nitrogens with zero attached hydrogens (tertiary/aromatic N) is 2. The van der Waals surface area contributed by atoms with Crippen LogP contribution < -0.4 is 0 Å². The fraction of sp³-hybridized carbons (Fsp3) is 0.964. The number of aldehydes is 1. The van der Waals surface area contributed by atoms with Crippen LogP contribution >= 0.6 is 0 Å². The number of carbonyl (C=O) groups excluding carboxylic acids is 1. The van der Waals surface area contributed by atoms with E-state index in [0.29, 0.717) is 19.4 Å². The first kappa shape index (κ1) is 35.3. The molecular formula is C28H56N2O8. The van der Waals surface area contributed by atoms with Crippen LogP contribution in [-0.2, 0) is 19.0 Å². The Kier molecular flexibility index (Phi) is 14.8. The molecule has 1 saturated heterocycles. The third-order valence-corrected chi connectivity index (χ3v) is 8.15. The summed E-state index contributed by atoms with van der Waals surface area (Å²) in [4.78, 5) is 15.5. The normalized spacial score (nSPS) is 28.7. The Morgan fingerprint density at radius 2 is 1.68 bits per heavy atom. The van der Waals surface area contributed by atoms with Gasteiger partial charge in [-0.3, -0.25) is 0 Å². The monoisotopic (exact) mass is 548 g/mol. The molecule has 0 aliphatic carbocycles. The molecule has 0 radical (unpaired) electrons. The van der Waals surface area contributed by atoms with Crippen LogP contribution in [0.25, 0.3) is 0 Å². The van der Waals surface area contributed by atoms with Gasteiger partial charge >= 0.3 is 0 Å². The number of ether oxygens (including phenoxy) is 3. The molecule has 0 bridgehead atoms. The van der Waals surface area contributed by atoms with Crippen LogP contribution in [0, 0.1) is 17.8 Å². The van der Waals surface area contributed by atoms with Crippen molar-refractivity contribution in [1.29, 1.82) is 0 Å². The van der Waals surface area contributed by atoms with E-state index in [1.807, 2.05) is 46.8 Å². The van der Waals surface area contributed by atoms with Gasteiger partial charge in [0.15, 0.2) is 6.29 Å². The molecule has 1 heterocycles. The van der Waals surface area contributed by atoms with Gasteiger partial charge in [-0.15, -0.1) is 0 Å². The van der Waals surface area contributed by atoms with Gasteiger partial charge in [-0.2, -0.15) is 0 Å². The Bertz CT molecular complexity index is 681. The molecule has 0 saturated carbocycles. The highest BCUT2D eigenvalue weighted by Crippen LogP contribution is 2.35. The Labute approximate surface area is 230 Å². The summed E-state index contributed by atoms with van der Waals surface area (Å²) in [7, 11) is 7.38. The zero-order chi connectivity index (χ0) is 29.4. The topological polar surface area (TPSA) is 132 Å². The van der Waals surface area contributed by atoms with E-state index in [2.05, 4.69) is 4.90 Å². The van der Waals surface area contributed by atoms with Gasteiger partial charge in [0.1, 0.15) is 12.4 Å².